The highest BCUT2D eigenvalue weighted by Gasteiger charge is 2.53. The Balaban J connectivity index is 2.64. The first-order chi connectivity index (χ1) is 14.3. The van der Waals surface area contributed by atoms with Crippen LogP contribution in [0.25, 0.3) is 11.1 Å². The van der Waals surface area contributed by atoms with Crippen molar-refractivity contribution in [3.8, 4) is 11.1 Å². The molecule has 0 fully saturated rings. The molecule has 0 aliphatic rings. The van der Waals surface area contributed by atoms with Crippen LogP contribution in [0.4, 0.5) is 10.1 Å². The van der Waals surface area contributed by atoms with E-state index in [0.29, 0.717) is 11.1 Å². The molecular formula is C22H25FN2O6. The number of carboxylic acid groups (broad SMARTS) is 1. The van der Waals surface area contributed by atoms with Gasteiger partial charge in [-0.1, -0.05) is 18.2 Å². The van der Waals surface area contributed by atoms with Crippen LogP contribution in [0.3, 0.4) is 0 Å². The average Bonchev–Trinajstić information content (AvgIpc) is 2.66. The molecule has 0 saturated heterocycles. The third kappa shape index (κ3) is 4.95. The van der Waals surface area contributed by atoms with Crippen molar-refractivity contribution in [2.24, 2.45) is 0 Å². The first kappa shape index (κ1) is 24.1. The Morgan fingerprint density at radius 1 is 1.16 bits per heavy atom. The van der Waals surface area contributed by atoms with Gasteiger partial charge in [0.1, 0.15) is 5.82 Å². The van der Waals surface area contributed by atoms with Crippen molar-refractivity contribution in [1.82, 2.24) is 5.32 Å². The van der Waals surface area contributed by atoms with Gasteiger partial charge < -0.3 is 9.84 Å². The molecule has 9 heteroatoms. The number of nitrogens with zero attached hydrogens (tertiary/aromatic N) is 1. The van der Waals surface area contributed by atoms with Crippen LogP contribution in [0, 0.1) is 15.9 Å². The topological polar surface area (TPSA) is 119 Å². The van der Waals surface area contributed by atoms with E-state index in [-0.39, 0.29) is 0 Å². The Morgan fingerprint density at radius 3 is 2.26 bits per heavy atom. The van der Waals surface area contributed by atoms with Gasteiger partial charge in [-0.3, -0.25) is 20.2 Å². The lowest BCUT2D eigenvalue weighted by Gasteiger charge is -2.37. The fraction of sp³-hybridized carbons (Fsp3) is 0.364. The maximum Gasteiger partial charge on any atom is 0.334 e. The predicted molar refractivity (Wildman–Crippen MR) is 113 cm³/mol. The molecule has 2 atom stereocenters. The number of hydrogen-bond acceptors (Lipinski definition) is 6. The Hall–Kier alpha value is -3.17. The molecule has 0 heterocycles. The minimum Gasteiger partial charge on any atom is -0.479 e. The molecule has 0 aliphatic carbocycles. The molecule has 2 aromatic rings. The number of carbonyl (C=O) groups excluding carboxylic acids is 1. The fourth-order valence-corrected chi connectivity index (χ4v) is 3.43. The SMILES string of the molecule is CN[C@@](C(=O)O)(C(=O)c1ccc(-c2cccc(F)c2)cc1[N+](=O)[O-])[C@@H](C)OC(C)(C)C. The summed E-state index contributed by atoms with van der Waals surface area (Å²) in [5, 5.41) is 24.2. The Morgan fingerprint density at radius 2 is 1.77 bits per heavy atom. The number of nitro benzene ring substituents is 1. The summed E-state index contributed by atoms with van der Waals surface area (Å²) in [6.07, 6.45) is -1.16. The highest BCUT2D eigenvalue weighted by molar-refractivity contribution is 6.18. The number of carbonyl (C=O) groups is 2. The average molecular weight is 432 g/mol. The molecule has 0 bridgehead atoms. The normalized spacial score (nSPS) is 14.5. The van der Waals surface area contributed by atoms with Gasteiger partial charge in [0.2, 0.25) is 11.3 Å². The van der Waals surface area contributed by atoms with Crippen molar-refractivity contribution in [3.63, 3.8) is 0 Å². The van der Waals surface area contributed by atoms with Crippen molar-refractivity contribution in [2.75, 3.05) is 7.05 Å². The maximum atomic E-state index is 13.6. The minimum absolute atomic E-state index is 0.312. The molecule has 0 amide bonds. The summed E-state index contributed by atoms with van der Waals surface area (Å²) in [4.78, 5) is 36.6. The van der Waals surface area contributed by atoms with Crippen LogP contribution < -0.4 is 5.32 Å². The first-order valence-corrected chi connectivity index (χ1v) is 9.52. The molecule has 2 aromatic carbocycles. The zero-order valence-corrected chi connectivity index (χ0v) is 17.9. The summed E-state index contributed by atoms with van der Waals surface area (Å²) >= 11 is 0. The number of hydrogen-bond donors (Lipinski definition) is 2. The minimum atomic E-state index is -2.27. The number of nitrogens with one attached hydrogen (secondary N) is 1. The van der Waals surface area contributed by atoms with Crippen molar-refractivity contribution < 1.29 is 28.7 Å². The zero-order valence-electron chi connectivity index (χ0n) is 17.9. The fourth-order valence-electron chi connectivity index (χ4n) is 3.43. The maximum absolute atomic E-state index is 13.6. The number of ketones is 1. The quantitative estimate of drug-likeness (QED) is 0.282. The summed E-state index contributed by atoms with van der Waals surface area (Å²) in [5.74, 6) is -3.06. The smallest absolute Gasteiger partial charge is 0.334 e. The third-order valence-corrected chi connectivity index (χ3v) is 4.83. The molecule has 0 spiro atoms. The molecule has 0 unspecified atom stereocenters. The number of aliphatic carboxylic acids is 1. The summed E-state index contributed by atoms with van der Waals surface area (Å²) in [6.45, 7) is 6.52. The highest BCUT2D eigenvalue weighted by Crippen LogP contribution is 2.32. The van der Waals surface area contributed by atoms with Crippen molar-refractivity contribution in [3.05, 3.63) is 64.0 Å². The van der Waals surface area contributed by atoms with Crippen LogP contribution in [0.1, 0.15) is 38.1 Å². The van der Waals surface area contributed by atoms with Crippen LogP contribution in [0.15, 0.2) is 42.5 Å². The molecule has 2 rings (SSSR count). The number of benzene rings is 2. The second-order valence-electron chi connectivity index (χ2n) is 8.06. The van der Waals surface area contributed by atoms with Gasteiger partial charge in [-0.15, -0.1) is 0 Å². The van der Waals surface area contributed by atoms with Crippen molar-refractivity contribution in [1.29, 1.82) is 0 Å². The lowest BCUT2D eigenvalue weighted by Crippen LogP contribution is -2.65. The molecule has 0 saturated carbocycles. The lowest BCUT2D eigenvalue weighted by atomic mass is 9.83. The van der Waals surface area contributed by atoms with Gasteiger partial charge in [0, 0.05) is 6.07 Å². The van der Waals surface area contributed by atoms with Gasteiger partial charge in [-0.25, -0.2) is 9.18 Å². The summed E-state index contributed by atoms with van der Waals surface area (Å²) in [6, 6.07) is 9.18. The summed E-state index contributed by atoms with van der Waals surface area (Å²) in [5.41, 5.74) is -3.33. The van der Waals surface area contributed by atoms with Crippen molar-refractivity contribution >= 4 is 17.4 Å². The van der Waals surface area contributed by atoms with E-state index in [1.165, 1.54) is 44.3 Å². The van der Waals surface area contributed by atoms with E-state index >= 15 is 0 Å². The van der Waals surface area contributed by atoms with Gasteiger partial charge in [0.05, 0.1) is 22.2 Å². The van der Waals surface area contributed by atoms with E-state index in [9.17, 15) is 29.2 Å². The van der Waals surface area contributed by atoms with Crippen LogP contribution in [-0.2, 0) is 9.53 Å². The third-order valence-electron chi connectivity index (χ3n) is 4.83. The second-order valence-corrected chi connectivity index (χ2v) is 8.06. The van der Waals surface area contributed by atoms with Gasteiger partial charge in [-0.2, -0.15) is 0 Å². The van der Waals surface area contributed by atoms with Crippen LogP contribution in [-0.4, -0.2) is 46.1 Å². The number of likely N-dealkylation sites (N-methyl/N-ethyl adjacent to an activating group) is 1. The molecule has 31 heavy (non-hydrogen) atoms. The Bertz CT molecular complexity index is 1020. The molecule has 0 aliphatic heterocycles. The molecular weight excluding hydrogens is 407 g/mol. The Kier molecular flexibility index (Phi) is 6.93. The molecule has 2 N–H and O–H groups in total. The van der Waals surface area contributed by atoms with Gasteiger partial charge >= 0.3 is 5.97 Å². The number of nitro groups is 1. The number of halogens is 1. The number of Topliss-reactive ketones (excluding diaryl/α,β-unsaturated/α-hetero) is 1. The largest absolute Gasteiger partial charge is 0.479 e. The van der Waals surface area contributed by atoms with E-state index in [2.05, 4.69) is 5.32 Å². The van der Waals surface area contributed by atoms with E-state index in [4.69, 9.17) is 4.74 Å². The number of rotatable bonds is 8. The zero-order chi connectivity index (χ0) is 23.6. The van der Waals surface area contributed by atoms with E-state index < -0.39 is 51.0 Å². The van der Waals surface area contributed by atoms with E-state index in [1.54, 1.807) is 26.8 Å². The standard InChI is InChI=1S/C22H25FN2O6/c1-13(31-21(2,3)4)22(24-5,20(27)28)19(26)17-10-9-15(12-18(17)25(29)30)14-7-6-8-16(23)11-14/h6-13,24H,1-5H3,(H,27,28)/t13-,22-/m1/s1. The highest BCUT2D eigenvalue weighted by atomic mass is 19.1. The van der Waals surface area contributed by atoms with E-state index in [1.807, 2.05) is 0 Å². The van der Waals surface area contributed by atoms with Crippen LogP contribution in [0.5, 0.6) is 0 Å². The monoisotopic (exact) mass is 432 g/mol. The lowest BCUT2D eigenvalue weighted by molar-refractivity contribution is -0.385. The summed E-state index contributed by atoms with van der Waals surface area (Å²) in [7, 11) is 1.28. The van der Waals surface area contributed by atoms with Gasteiger partial charge in [0.25, 0.3) is 5.69 Å². The number of carboxylic acids is 1. The van der Waals surface area contributed by atoms with Gasteiger partial charge in [0.15, 0.2) is 0 Å². The first-order valence-electron chi connectivity index (χ1n) is 9.52. The van der Waals surface area contributed by atoms with Gasteiger partial charge in [-0.05, 0) is 64.1 Å². The predicted octanol–water partition coefficient (Wildman–Crippen LogP) is 3.83. The number of ether oxygens (including phenoxy) is 1. The van der Waals surface area contributed by atoms with Crippen molar-refractivity contribution in [2.45, 2.75) is 44.9 Å². The molecule has 166 valence electrons. The van der Waals surface area contributed by atoms with E-state index in [0.717, 1.165) is 6.07 Å². The summed E-state index contributed by atoms with van der Waals surface area (Å²) < 4.78 is 19.3. The van der Waals surface area contributed by atoms with Crippen LogP contribution >= 0.6 is 0 Å². The Labute approximate surface area is 179 Å². The molecule has 0 radical (unpaired) electrons. The molecule has 0 aromatic heterocycles. The van der Waals surface area contributed by atoms with Crippen LogP contribution in [0.2, 0.25) is 0 Å². The second kappa shape index (κ2) is 8.91. The molecule has 8 nitrogen and oxygen atoms in total.